The van der Waals surface area contributed by atoms with E-state index >= 15 is 0 Å². The van der Waals surface area contributed by atoms with Crippen LogP contribution in [0.2, 0.25) is 0 Å². The van der Waals surface area contributed by atoms with Gasteiger partial charge in [-0.15, -0.1) is 0 Å². The predicted molar refractivity (Wildman–Crippen MR) is 82.9 cm³/mol. The largest absolute Gasteiger partial charge is 0.392 e. The number of hydrogen-bond acceptors (Lipinski definition) is 3. The molecule has 0 bridgehead atoms. The van der Waals surface area contributed by atoms with Crippen LogP contribution in [0.3, 0.4) is 0 Å². The Hall–Kier alpha value is -1.55. The van der Waals surface area contributed by atoms with Crippen LogP contribution < -0.4 is 10.2 Å². The summed E-state index contributed by atoms with van der Waals surface area (Å²) in [6, 6.07) is 8.29. The molecule has 0 spiro atoms. The number of aliphatic hydroxyl groups is 1. The zero-order valence-corrected chi connectivity index (χ0v) is 12.9. The van der Waals surface area contributed by atoms with E-state index in [0.717, 1.165) is 12.1 Å². The first-order valence-corrected chi connectivity index (χ1v) is 7.11. The summed E-state index contributed by atoms with van der Waals surface area (Å²) in [5.74, 6) is 0.0236. The van der Waals surface area contributed by atoms with E-state index in [4.69, 9.17) is 0 Å². The maximum Gasteiger partial charge on any atom is 0.222 e. The van der Waals surface area contributed by atoms with Crippen LogP contribution in [-0.4, -0.2) is 37.8 Å². The van der Waals surface area contributed by atoms with E-state index in [1.807, 2.05) is 27.9 Å². The van der Waals surface area contributed by atoms with Gasteiger partial charge < -0.3 is 15.3 Å². The van der Waals surface area contributed by atoms with Crippen molar-refractivity contribution >= 4 is 11.6 Å². The second kappa shape index (κ2) is 7.90. The van der Waals surface area contributed by atoms with Gasteiger partial charge in [-0.25, -0.2) is 0 Å². The molecule has 1 unspecified atom stereocenters. The zero-order chi connectivity index (χ0) is 15.1. The van der Waals surface area contributed by atoms with Crippen LogP contribution in [0.4, 0.5) is 5.69 Å². The Morgan fingerprint density at radius 2 is 1.85 bits per heavy atom. The number of carbonyl (C=O) groups is 1. The molecule has 1 rings (SSSR count). The molecule has 4 heteroatoms. The molecule has 1 atom stereocenters. The summed E-state index contributed by atoms with van der Waals surface area (Å²) >= 11 is 0. The Labute approximate surface area is 121 Å². The Morgan fingerprint density at radius 3 is 2.35 bits per heavy atom. The highest BCUT2D eigenvalue weighted by Crippen LogP contribution is 2.12. The summed E-state index contributed by atoms with van der Waals surface area (Å²) in [5.41, 5.74) is 2.36. The Bertz CT molecular complexity index is 413. The van der Waals surface area contributed by atoms with E-state index in [2.05, 4.69) is 34.5 Å². The predicted octanol–water partition coefficient (Wildman–Crippen LogP) is 1.82. The number of nitrogens with one attached hydrogen (secondary N) is 1. The molecule has 1 aromatic carbocycles. The van der Waals surface area contributed by atoms with Crippen molar-refractivity contribution in [3.8, 4) is 0 Å². The maximum atomic E-state index is 11.6. The van der Waals surface area contributed by atoms with Crippen LogP contribution in [0, 0.1) is 5.92 Å². The van der Waals surface area contributed by atoms with E-state index in [9.17, 15) is 9.90 Å². The third kappa shape index (κ3) is 5.61. The Morgan fingerprint density at radius 1 is 1.25 bits per heavy atom. The summed E-state index contributed by atoms with van der Waals surface area (Å²) in [5, 5.41) is 12.5. The van der Waals surface area contributed by atoms with Crippen LogP contribution in [0.15, 0.2) is 24.3 Å². The number of aliphatic hydroxyl groups excluding tert-OH is 1. The van der Waals surface area contributed by atoms with Crippen LogP contribution in [0.5, 0.6) is 0 Å². The first kappa shape index (κ1) is 16.5. The van der Waals surface area contributed by atoms with Crippen molar-refractivity contribution < 1.29 is 9.90 Å². The van der Waals surface area contributed by atoms with E-state index in [1.165, 1.54) is 5.56 Å². The van der Waals surface area contributed by atoms with Crippen molar-refractivity contribution in [2.24, 2.45) is 5.92 Å². The minimum atomic E-state index is -0.561. The van der Waals surface area contributed by atoms with Gasteiger partial charge >= 0.3 is 0 Å². The third-order valence-corrected chi connectivity index (χ3v) is 3.35. The van der Waals surface area contributed by atoms with E-state index in [-0.39, 0.29) is 18.2 Å². The molecule has 0 fully saturated rings. The lowest BCUT2D eigenvalue weighted by Crippen LogP contribution is -2.30. The second-order valence-corrected chi connectivity index (χ2v) is 5.68. The highest BCUT2D eigenvalue weighted by atomic mass is 16.3. The highest BCUT2D eigenvalue weighted by molar-refractivity contribution is 5.76. The SMILES string of the molecule is CC(C)C(O)CC(=O)NCCc1ccc(N(C)C)cc1. The summed E-state index contributed by atoms with van der Waals surface area (Å²) in [6.07, 6.45) is 0.420. The van der Waals surface area contributed by atoms with Crippen molar-refractivity contribution in [2.75, 3.05) is 25.5 Å². The van der Waals surface area contributed by atoms with E-state index < -0.39 is 6.10 Å². The number of nitrogens with zero attached hydrogens (tertiary/aromatic N) is 1. The molecule has 0 saturated heterocycles. The average molecular weight is 278 g/mol. The van der Waals surface area contributed by atoms with Gasteiger partial charge in [0.2, 0.25) is 5.91 Å². The molecule has 20 heavy (non-hydrogen) atoms. The topological polar surface area (TPSA) is 52.6 Å². The number of carbonyl (C=O) groups excluding carboxylic acids is 1. The molecule has 0 aromatic heterocycles. The lowest BCUT2D eigenvalue weighted by Gasteiger charge is -2.14. The number of hydrogen-bond donors (Lipinski definition) is 2. The Balaban J connectivity index is 2.32. The molecule has 0 aliphatic carbocycles. The highest BCUT2D eigenvalue weighted by Gasteiger charge is 2.13. The fourth-order valence-electron chi connectivity index (χ4n) is 1.80. The lowest BCUT2D eigenvalue weighted by atomic mass is 10.0. The molecule has 1 aromatic rings. The van der Waals surface area contributed by atoms with Crippen molar-refractivity contribution in [3.05, 3.63) is 29.8 Å². The molecular weight excluding hydrogens is 252 g/mol. The maximum absolute atomic E-state index is 11.6. The van der Waals surface area contributed by atoms with Crippen LogP contribution in [0.25, 0.3) is 0 Å². The summed E-state index contributed by atoms with van der Waals surface area (Å²) in [4.78, 5) is 13.7. The van der Waals surface area contributed by atoms with Gasteiger partial charge in [-0.2, -0.15) is 0 Å². The number of benzene rings is 1. The van der Waals surface area contributed by atoms with Gasteiger partial charge in [-0.1, -0.05) is 26.0 Å². The monoisotopic (exact) mass is 278 g/mol. The van der Waals surface area contributed by atoms with Gasteiger partial charge in [0.15, 0.2) is 0 Å². The molecule has 0 saturated carbocycles. The molecule has 2 N–H and O–H groups in total. The summed E-state index contributed by atoms with van der Waals surface area (Å²) in [6.45, 7) is 4.42. The normalized spacial score (nSPS) is 12.3. The summed E-state index contributed by atoms with van der Waals surface area (Å²) in [7, 11) is 4.02. The average Bonchev–Trinajstić information content (AvgIpc) is 2.39. The third-order valence-electron chi connectivity index (χ3n) is 3.35. The molecule has 0 aliphatic heterocycles. The van der Waals surface area contributed by atoms with Crippen molar-refractivity contribution in [1.29, 1.82) is 0 Å². The van der Waals surface area contributed by atoms with Crippen LogP contribution >= 0.6 is 0 Å². The number of amides is 1. The van der Waals surface area contributed by atoms with Crippen molar-refractivity contribution in [1.82, 2.24) is 5.32 Å². The fourth-order valence-corrected chi connectivity index (χ4v) is 1.80. The smallest absolute Gasteiger partial charge is 0.222 e. The molecule has 0 heterocycles. The minimum absolute atomic E-state index is 0.0869. The summed E-state index contributed by atoms with van der Waals surface area (Å²) < 4.78 is 0. The van der Waals surface area contributed by atoms with Gasteiger partial charge in [0.05, 0.1) is 12.5 Å². The van der Waals surface area contributed by atoms with E-state index in [1.54, 1.807) is 0 Å². The van der Waals surface area contributed by atoms with E-state index in [0.29, 0.717) is 6.54 Å². The van der Waals surface area contributed by atoms with Crippen LogP contribution in [0.1, 0.15) is 25.8 Å². The fraction of sp³-hybridized carbons (Fsp3) is 0.562. The molecular formula is C16H26N2O2. The quantitative estimate of drug-likeness (QED) is 0.800. The Kier molecular flexibility index (Phi) is 6.52. The van der Waals surface area contributed by atoms with Gasteiger partial charge in [0.1, 0.15) is 0 Å². The molecule has 0 aliphatic rings. The zero-order valence-electron chi connectivity index (χ0n) is 12.9. The molecule has 0 radical (unpaired) electrons. The molecule has 112 valence electrons. The molecule has 1 amide bonds. The van der Waals surface area contributed by atoms with Gasteiger partial charge in [0, 0.05) is 26.3 Å². The molecule has 4 nitrogen and oxygen atoms in total. The van der Waals surface area contributed by atoms with Gasteiger partial charge in [-0.3, -0.25) is 4.79 Å². The second-order valence-electron chi connectivity index (χ2n) is 5.68. The van der Waals surface area contributed by atoms with Crippen molar-refractivity contribution in [2.45, 2.75) is 32.8 Å². The first-order chi connectivity index (χ1) is 9.40. The minimum Gasteiger partial charge on any atom is -0.392 e. The first-order valence-electron chi connectivity index (χ1n) is 7.11. The number of rotatable bonds is 7. The van der Waals surface area contributed by atoms with Gasteiger partial charge in [-0.05, 0) is 30.0 Å². The number of anilines is 1. The van der Waals surface area contributed by atoms with Crippen molar-refractivity contribution in [3.63, 3.8) is 0 Å². The standard InChI is InChI=1S/C16H26N2O2/c1-12(2)15(19)11-16(20)17-10-9-13-5-7-14(8-6-13)18(3)4/h5-8,12,15,19H,9-11H2,1-4H3,(H,17,20). The van der Waals surface area contributed by atoms with Crippen LogP contribution in [-0.2, 0) is 11.2 Å². The lowest BCUT2D eigenvalue weighted by molar-refractivity contribution is -0.123. The van der Waals surface area contributed by atoms with Gasteiger partial charge in [0.25, 0.3) is 0 Å².